The summed E-state index contributed by atoms with van der Waals surface area (Å²) in [6, 6.07) is 0. The molecule has 0 saturated heterocycles. The number of rotatable bonds is 5. The van der Waals surface area contributed by atoms with Crippen LogP contribution in [0, 0.1) is 0 Å². The largest absolute Gasteiger partial charge is 0.340 e. The number of hydrogen-bond acceptors (Lipinski definition) is 3. The Morgan fingerprint density at radius 1 is 1.33 bits per heavy atom. The standard InChI is InChI=1S/C6H15NO2/c1-3-5-9-6(7)8-4-2/h6H,3-5,7H2,1-2H3. The molecule has 0 aliphatic carbocycles. The summed E-state index contributed by atoms with van der Waals surface area (Å²) >= 11 is 0. The maximum Gasteiger partial charge on any atom is 0.213 e. The Labute approximate surface area is 56.1 Å². The minimum atomic E-state index is -0.532. The lowest BCUT2D eigenvalue weighted by atomic mass is 10.5. The van der Waals surface area contributed by atoms with Crippen LogP contribution >= 0.6 is 0 Å². The Balaban J connectivity index is 2.95. The SMILES string of the molecule is CCCOC(N)OCC. The van der Waals surface area contributed by atoms with E-state index in [4.69, 9.17) is 15.2 Å². The van der Waals surface area contributed by atoms with Crippen molar-refractivity contribution in [1.29, 1.82) is 0 Å². The van der Waals surface area contributed by atoms with Gasteiger partial charge in [0.25, 0.3) is 0 Å². The molecular weight excluding hydrogens is 118 g/mol. The fourth-order valence-electron chi connectivity index (χ4n) is 0.446. The minimum Gasteiger partial charge on any atom is -0.340 e. The second-order valence-corrected chi connectivity index (χ2v) is 1.69. The van der Waals surface area contributed by atoms with E-state index < -0.39 is 6.41 Å². The van der Waals surface area contributed by atoms with Crippen LogP contribution in [0.5, 0.6) is 0 Å². The highest BCUT2D eigenvalue weighted by Gasteiger charge is 1.96. The maximum atomic E-state index is 5.33. The van der Waals surface area contributed by atoms with Gasteiger partial charge in [-0.15, -0.1) is 0 Å². The lowest BCUT2D eigenvalue weighted by molar-refractivity contribution is -0.134. The molecule has 0 rings (SSSR count). The van der Waals surface area contributed by atoms with Crippen molar-refractivity contribution in [3.05, 3.63) is 0 Å². The molecule has 9 heavy (non-hydrogen) atoms. The highest BCUT2D eigenvalue weighted by Crippen LogP contribution is 1.87. The predicted octanol–water partition coefficient (Wildman–Crippen LogP) is 0.692. The first-order valence-corrected chi connectivity index (χ1v) is 3.30. The third-order valence-corrected chi connectivity index (χ3v) is 0.817. The summed E-state index contributed by atoms with van der Waals surface area (Å²) in [6.07, 6.45) is 0.441. The highest BCUT2D eigenvalue weighted by atomic mass is 16.7. The molecule has 0 aromatic carbocycles. The Kier molecular flexibility index (Phi) is 5.93. The molecule has 3 heteroatoms. The van der Waals surface area contributed by atoms with Crippen molar-refractivity contribution in [2.45, 2.75) is 26.7 Å². The molecule has 0 fully saturated rings. The highest BCUT2D eigenvalue weighted by molar-refractivity contribution is 4.28. The predicted molar refractivity (Wildman–Crippen MR) is 35.8 cm³/mol. The molecule has 0 bridgehead atoms. The number of nitrogens with two attached hydrogens (primary N) is 1. The molecular formula is C6H15NO2. The van der Waals surface area contributed by atoms with Crippen LogP contribution in [0.15, 0.2) is 0 Å². The van der Waals surface area contributed by atoms with Crippen LogP contribution in [0.4, 0.5) is 0 Å². The fourth-order valence-corrected chi connectivity index (χ4v) is 0.446. The van der Waals surface area contributed by atoms with E-state index in [0.717, 1.165) is 6.42 Å². The minimum absolute atomic E-state index is 0.532. The van der Waals surface area contributed by atoms with Crippen molar-refractivity contribution >= 4 is 0 Å². The topological polar surface area (TPSA) is 44.5 Å². The monoisotopic (exact) mass is 133 g/mol. The summed E-state index contributed by atoms with van der Waals surface area (Å²) in [7, 11) is 0. The van der Waals surface area contributed by atoms with Crippen molar-refractivity contribution in [2.75, 3.05) is 13.2 Å². The molecule has 0 aliphatic heterocycles. The van der Waals surface area contributed by atoms with Crippen LogP contribution in [0.3, 0.4) is 0 Å². The molecule has 0 aliphatic rings. The zero-order valence-electron chi connectivity index (χ0n) is 6.09. The molecule has 0 aromatic heterocycles. The number of ether oxygens (including phenoxy) is 2. The van der Waals surface area contributed by atoms with Crippen molar-refractivity contribution in [3.63, 3.8) is 0 Å². The zero-order chi connectivity index (χ0) is 7.11. The number of hydrogen-bond donors (Lipinski definition) is 1. The molecule has 0 aromatic rings. The van der Waals surface area contributed by atoms with Gasteiger partial charge in [-0.2, -0.15) is 0 Å². The molecule has 56 valence electrons. The van der Waals surface area contributed by atoms with Gasteiger partial charge in [0, 0.05) is 6.61 Å². The first-order chi connectivity index (χ1) is 4.31. The second-order valence-electron chi connectivity index (χ2n) is 1.69. The van der Waals surface area contributed by atoms with Crippen molar-refractivity contribution in [3.8, 4) is 0 Å². The molecule has 2 N–H and O–H groups in total. The Hall–Kier alpha value is -0.120. The fraction of sp³-hybridized carbons (Fsp3) is 1.00. The first-order valence-electron chi connectivity index (χ1n) is 3.30. The van der Waals surface area contributed by atoms with Crippen LogP contribution in [0.2, 0.25) is 0 Å². The van der Waals surface area contributed by atoms with Gasteiger partial charge < -0.3 is 9.47 Å². The van der Waals surface area contributed by atoms with Crippen LogP contribution in [-0.2, 0) is 9.47 Å². The summed E-state index contributed by atoms with van der Waals surface area (Å²) in [6.45, 7) is 5.18. The van der Waals surface area contributed by atoms with Gasteiger partial charge in [-0.3, -0.25) is 5.73 Å². The Morgan fingerprint density at radius 2 is 2.00 bits per heavy atom. The molecule has 0 spiro atoms. The summed E-state index contributed by atoms with van der Waals surface area (Å²) < 4.78 is 9.89. The lowest BCUT2D eigenvalue weighted by Crippen LogP contribution is -2.27. The van der Waals surface area contributed by atoms with E-state index >= 15 is 0 Å². The van der Waals surface area contributed by atoms with E-state index in [1.54, 1.807) is 0 Å². The molecule has 0 heterocycles. The molecule has 0 radical (unpaired) electrons. The van der Waals surface area contributed by atoms with Crippen LogP contribution in [0.25, 0.3) is 0 Å². The summed E-state index contributed by atoms with van der Waals surface area (Å²) in [5.41, 5.74) is 5.33. The normalized spacial score (nSPS) is 13.7. The zero-order valence-corrected chi connectivity index (χ0v) is 6.09. The third kappa shape index (κ3) is 5.76. The molecule has 1 atom stereocenters. The van der Waals surface area contributed by atoms with Gasteiger partial charge in [-0.25, -0.2) is 0 Å². The second kappa shape index (κ2) is 6.01. The van der Waals surface area contributed by atoms with Crippen molar-refractivity contribution in [2.24, 2.45) is 5.73 Å². The average molecular weight is 133 g/mol. The van der Waals surface area contributed by atoms with Crippen LogP contribution < -0.4 is 5.73 Å². The van der Waals surface area contributed by atoms with Gasteiger partial charge in [0.05, 0.1) is 6.61 Å². The molecule has 0 amide bonds. The van der Waals surface area contributed by atoms with Crippen molar-refractivity contribution < 1.29 is 9.47 Å². The van der Waals surface area contributed by atoms with Gasteiger partial charge in [0.2, 0.25) is 6.41 Å². The summed E-state index contributed by atoms with van der Waals surface area (Å²) in [4.78, 5) is 0. The van der Waals surface area contributed by atoms with Gasteiger partial charge in [-0.1, -0.05) is 6.92 Å². The lowest BCUT2D eigenvalue weighted by Gasteiger charge is -2.10. The van der Waals surface area contributed by atoms with Gasteiger partial charge >= 0.3 is 0 Å². The Morgan fingerprint density at radius 3 is 2.44 bits per heavy atom. The van der Waals surface area contributed by atoms with E-state index in [2.05, 4.69) is 0 Å². The summed E-state index contributed by atoms with van der Waals surface area (Å²) in [5.74, 6) is 0. The van der Waals surface area contributed by atoms with Crippen molar-refractivity contribution in [1.82, 2.24) is 0 Å². The Bertz CT molecular complexity index is 59.0. The van der Waals surface area contributed by atoms with Crippen LogP contribution in [0.1, 0.15) is 20.3 Å². The van der Waals surface area contributed by atoms with Crippen LogP contribution in [-0.4, -0.2) is 19.6 Å². The summed E-state index contributed by atoms with van der Waals surface area (Å²) in [5, 5.41) is 0. The quantitative estimate of drug-likeness (QED) is 0.561. The van der Waals surface area contributed by atoms with E-state index in [0.29, 0.717) is 13.2 Å². The average Bonchev–Trinajstić information content (AvgIpc) is 1.85. The van der Waals surface area contributed by atoms with Gasteiger partial charge in [0.1, 0.15) is 0 Å². The smallest absolute Gasteiger partial charge is 0.213 e. The van der Waals surface area contributed by atoms with Gasteiger partial charge in [-0.05, 0) is 13.3 Å². The van der Waals surface area contributed by atoms with E-state index in [1.807, 2.05) is 13.8 Å². The van der Waals surface area contributed by atoms with E-state index in [-0.39, 0.29) is 0 Å². The molecule has 1 unspecified atom stereocenters. The van der Waals surface area contributed by atoms with E-state index in [9.17, 15) is 0 Å². The molecule has 3 nitrogen and oxygen atoms in total. The van der Waals surface area contributed by atoms with Gasteiger partial charge in [0.15, 0.2) is 0 Å². The molecule has 0 saturated carbocycles. The third-order valence-electron chi connectivity index (χ3n) is 0.817. The van der Waals surface area contributed by atoms with E-state index in [1.165, 1.54) is 0 Å². The first kappa shape index (κ1) is 8.88. The maximum absolute atomic E-state index is 5.33.